The molecule has 0 unspecified atom stereocenters. The summed E-state index contributed by atoms with van der Waals surface area (Å²) in [6.07, 6.45) is 3.06. The summed E-state index contributed by atoms with van der Waals surface area (Å²) in [5, 5.41) is 0. The zero-order chi connectivity index (χ0) is 12.2. The van der Waals surface area contributed by atoms with Crippen molar-refractivity contribution >= 4 is 16.0 Å². The van der Waals surface area contributed by atoms with Gasteiger partial charge in [0.15, 0.2) is 0 Å². The summed E-state index contributed by atoms with van der Waals surface area (Å²) in [6, 6.07) is 1.45. The largest absolute Gasteiger partial charge is 0.465 e. The molecular formula is C9H14N2O4S. The highest BCUT2D eigenvalue weighted by Gasteiger charge is 2.16. The second-order valence-electron chi connectivity index (χ2n) is 3.14. The minimum Gasteiger partial charge on any atom is -0.465 e. The topological polar surface area (TPSA) is 77.4 Å². The number of nitrogens with zero attached hydrogens (tertiary/aromatic N) is 1. The van der Waals surface area contributed by atoms with Crippen LogP contribution in [-0.2, 0) is 26.6 Å². The molecule has 0 aromatic carbocycles. The second-order valence-corrected chi connectivity index (χ2v) is 4.91. The lowest BCUT2D eigenvalue weighted by Crippen LogP contribution is -2.30. The fraction of sp³-hybridized carbons (Fsp3) is 0.444. The molecular weight excluding hydrogens is 232 g/mol. The summed E-state index contributed by atoms with van der Waals surface area (Å²) in [4.78, 5) is 11.1. The van der Waals surface area contributed by atoms with Crippen molar-refractivity contribution in [2.45, 2.75) is 11.8 Å². The first-order chi connectivity index (χ1) is 7.45. The molecule has 0 bridgehead atoms. The van der Waals surface area contributed by atoms with Crippen molar-refractivity contribution in [3.05, 3.63) is 18.5 Å². The van der Waals surface area contributed by atoms with Crippen LogP contribution in [-0.4, -0.2) is 32.1 Å². The molecule has 0 saturated carbocycles. The molecule has 0 aliphatic rings. The maximum atomic E-state index is 11.6. The summed E-state index contributed by atoms with van der Waals surface area (Å²) < 4.78 is 31.6. The molecule has 1 heterocycles. The number of nitrogens with one attached hydrogen (secondary N) is 1. The van der Waals surface area contributed by atoms with Crippen molar-refractivity contribution in [2.24, 2.45) is 7.05 Å². The molecule has 0 radical (unpaired) electrons. The molecule has 1 aromatic heterocycles. The highest BCUT2D eigenvalue weighted by atomic mass is 32.2. The van der Waals surface area contributed by atoms with Crippen molar-refractivity contribution in [1.82, 2.24) is 9.29 Å². The van der Waals surface area contributed by atoms with Crippen LogP contribution in [0.1, 0.15) is 6.92 Å². The van der Waals surface area contributed by atoms with Gasteiger partial charge in [-0.05, 0) is 13.0 Å². The first kappa shape index (κ1) is 12.7. The molecule has 0 amide bonds. The number of aromatic nitrogens is 1. The molecule has 0 fully saturated rings. The van der Waals surface area contributed by atoms with Crippen LogP contribution in [0.2, 0.25) is 0 Å². The smallest absolute Gasteiger partial charge is 0.321 e. The molecule has 16 heavy (non-hydrogen) atoms. The van der Waals surface area contributed by atoms with Crippen LogP contribution in [0.25, 0.3) is 0 Å². The predicted molar refractivity (Wildman–Crippen MR) is 57.2 cm³/mol. The third kappa shape index (κ3) is 3.35. The number of sulfonamides is 1. The van der Waals surface area contributed by atoms with E-state index in [0.29, 0.717) is 0 Å². The maximum absolute atomic E-state index is 11.6. The van der Waals surface area contributed by atoms with Crippen LogP contribution >= 0.6 is 0 Å². The summed E-state index contributed by atoms with van der Waals surface area (Å²) >= 11 is 0. The lowest BCUT2D eigenvalue weighted by molar-refractivity contribution is -0.141. The van der Waals surface area contributed by atoms with E-state index in [-0.39, 0.29) is 18.0 Å². The van der Waals surface area contributed by atoms with E-state index >= 15 is 0 Å². The van der Waals surface area contributed by atoms with Gasteiger partial charge in [-0.2, -0.15) is 4.72 Å². The molecule has 90 valence electrons. The molecule has 1 N–H and O–H groups in total. The fourth-order valence-electron chi connectivity index (χ4n) is 1.09. The lowest BCUT2D eigenvalue weighted by Gasteiger charge is -2.04. The van der Waals surface area contributed by atoms with E-state index in [2.05, 4.69) is 9.46 Å². The highest BCUT2D eigenvalue weighted by molar-refractivity contribution is 7.89. The van der Waals surface area contributed by atoms with Gasteiger partial charge in [0, 0.05) is 19.4 Å². The van der Waals surface area contributed by atoms with Gasteiger partial charge in [-0.15, -0.1) is 0 Å². The third-order valence-electron chi connectivity index (χ3n) is 1.83. The molecule has 0 atom stereocenters. The van der Waals surface area contributed by atoms with E-state index in [1.807, 2.05) is 0 Å². The molecule has 0 saturated heterocycles. The maximum Gasteiger partial charge on any atom is 0.321 e. The van der Waals surface area contributed by atoms with Crippen molar-refractivity contribution in [3.63, 3.8) is 0 Å². The van der Waals surface area contributed by atoms with E-state index in [9.17, 15) is 13.2 Å². The molecule has 0 aliphatic heterocycles. The van der Waals surface area contributed by atoms with Gasteiger partial charge in [0.25, 0.3) is 0 Å². The van der Waals surface area contributed by atoms with Crippen LogP contribution in [0.3, 0.4) is 0 Å². The first-order valence-electron chi connectivity index (χ1n) is 4.73. The zero-order valence-corrected chi connectivity index (χ0v) is 9.95. The number of hydrogen-bond acceptors (Lipinski definition) is 4. The Morgan fingerprint density at radius 3 is 2.75 bits per heavy atom. The van der Waals surface area contributed by atoms with Crippen LogP contribution in [0.4, 0.5) is 0 Å². The highest BCUT2D eigenvalue weighted by Crippen LogP contribution is 2.07. The quantitative estimate of drug-likeness (QED) is 0.734. The van der Waals surface area contributed by atoms with Gasteiger partial charge in [-0.1, -0.05) is 0 Å². The van der Waals surface area contributed by atoms with Crippen molar-refractivity contribution in [3.8, 4) is 0 Å². The van der Waals surface area contributed by atoms with Gasteiger partial charge in [-0.3, -0.25) is 4.79 Å². The predicted octanol–water partition coefficient (Wildman–Crippen LogP) is -0.134. The van der Waals surface area contributed by atoms with Gasteiger partial charge >= 0.3 is 5.97 Å². The Morgan fingerprint density at radius 1 is 1.56 bits per heavy atom. The number of hydrogen-bond donors (Lipinski definition) is 1. The van der Waals surface area contributed by atoms with Gasteiger partial charge < -0.3 is 9.30 Å². The molecule has 6 nitrogen and oxygen atoms in total. The number of esters is 1. The SMILES string of the molecule is CCOC(=O)CNS(=O)(=O)c1ccn(C)c1. The fourth-order valence-corrected chi connectivity index (χ4v) is 2.11. The Kier molecular flexibility index (Phi) is 4.08. The van der Waals surface area contributed by atoms with Crippen LogP contribution in [0.5, 0.6) is 0 Å². The molecule has 1 aromatic rings. The number of carbonyl (C=O) groups is 1. The van der Waals surface area contributed by atoms with E-state index in [4.69, 9.17) is 0 Å². The van der Waals surface area contributed by atoms with Crippen molar-refractivity contribution in [2.75, 3.05) is 13.2 Å². The van der Waals surface area contributed by atoms with Gasteiger partial charge in [-0.25, -0.2) is 8.42 Å². The van der Waals surface area contributed by atoms with E-state index in [1.54, 1.807) is 24.7 Å². The summed E-state index contributed by atoms with van der Waals surface area (Å²) in [6.45, 7) is 1.53. The van der Waals surface area contributed by atoms with E-state index in [0.717, 1.165) is 0 Å². The molecule has 7 heteroatoms. The Balaban J connectivity index is 2.63. The van der Waals surface area contributed by atoms with E-state index in [1.165, 1.54) is 12.3 Å². The number of ether oxygens (including phenoxy) is 1. The number of aryl methyl sites for hydroxylation is 1. The van der Waals surface area contributed by atoms with Crippen LogP contribution in [0, 0.1) is 0 Å². The second kappa shape index (κ2) is 5.13. The molecule has 0 aliphatic carbocycles. The average molecular weight is 246 g/mol. The summed E-state index contributed by atoms with van der Waals surface area (Å²) in [5.41, 5.74) is 0. The number of rotatable bonds is 5. The van der Waals surface area contributed by atoms with Gasteiger partial charge in [0.1, 0.15) is 6.54 Å². The molecule has 0 spiro atoms. The Hall–Kier alpha value is -1.34. The third-order valence-corrected chi connectivity index (χ3v) is 3.21. The minimum atomic E-state index is -3.62. The normalized spacial score (nSPS) is 11.4. The Bertz CT molecular complexity index is 464. The molecule has 1 rings (SSSR count). The van der Waals surface area contributed by atoms with Crippen molar-refractivity contribution < 1.29 is 17.9 Å². The van der Waals surface area contributed by atoms with Crippen LogP contribution < -0.4 is 4.72 Å². The Morgan fingerprint density at radius 2 is 2.25 bits per heavy atom. The van der Waals surface area contributed by atoms with Crippen molar-refractivity contribution in [1.29, 1.82) is 0 Å². The first-order valence-corrected chi connectivity index (χ1v) is 6.21. The number of carbonyl (C=O) groups excluding carboxylic acids is 1. The monoisotopic (exact) mass is 246 g/mol. The zero-order valence-electron chi connectivity index (χ0n) is 9.13. The van der Waals surface area contributed by atoms with Gasteiger partial charge in [0.05, 0.1) is 11.5 Å². The summed E-state index contributed by atoms with van der Waals surface area (Å²) in [7, 11) is -1.91. The lowest BCUT2D eigenvalue weighted by atomic mass is 10.7. The summed E-state index contributed by atoms with van der Waals surface area (Å²) in [5.74, 6) is -0.595. The standard InChI is InChI=1S/C9H14N2O4S/c1-3-15-9(12)6-10-16(13,14)8-4-5-11(2)7-8/h4-5,7,10H,3,6H2,1-2H3. The van der Waals surface area contributed by atoms with Crippen LogP contribution in [0.15, 0.2) is 23.4 Å². The van der Waals surface area contributed by atoms with E-state index < -0.39 is 16.0 Å². The van der Waals surface area contributed by atoms with Gasteiger partial charge in [0.2, 0.25) is 10.0 Å². The Labute approximate surface area is 94.3 Å². The average Bonchev–Trinajstić information content (AvgIpc) is 2.63. The minimum absolute atomic E-state index is 0.124.